The normalized spacial score (nSPS) is 9.00. The van der Waals surface area contributed by atoms with Crippen molar-refractivity contribution in [3.05, 3.63) is 0 Å². The number of carboxylic acids is 2. The first kappa shape index (κ1) is 19.7. The van der Waals surface area contributed by atoms with Gasteiger partial charge >= 0.3 is 106 Å². The second-order valence-electron chi connectivity index (χ2n) is 3.96. The number of hydrogen-bond acceptors (Lipinski definition) is 2. The van der Waals surface area contributed by atoms with E-state index in [1.54, 1.807) is 0 Å². The van der Waals surface area contributed by atoms with Gasteiger partial charge in [0.1, 0.15) is 6.42 Å². The van der Waals surface area contributed by atoms with Crippen LogP contribution in [0.5, 0.6) is 0 Å². The fraction of sp³-hybridized carbons (Fsp3) is 0.714. The Morgan fingerprint density at radius 1 is 1.15 bits per heavy atom. The van der Waals surface area contributed by atoms with Crippen LogP contribution in [0.4, 0.5) is 0 Å². The first-order valence-electron chi connectivity index (χ1n) is 3.56. The third-order valence-electron chi connectivity index (χ3n) is 0.302. The Morgan fingerprint density at radius 3 is 1.31 bits per heavy atom. The SMILES string of the molecule is O=C(O)CC(=O)O.[KH].[Li][C](C)(C)C. The topological polar surface area (TPSA) is 74.6 Å². The predicted octanol–water partition coefficient (Wildman–Crippen LogP) is 0.270. The summed E-state index contributed by atoms with van der Waals surface area (Å²) in [6, 6.07) is 0. The van der Waals surface area contributed by atoms with Crippen LogP contribution in [-0.2, 0) is 9.59 Å². The summed E-state index contributed by atoms with van der Waals surface area (Å²) in [5.74, 6) is -2.62. The zero-order chi connectivity index (χ0) is 10.4. The van der Waals surface area contributed by atoms with Crippen molar-refractivity contribution < 1.29 is 19.8 Å². The molecule has 0 saturated carbocycles. The molecule has 0 aromatic heterocycles. The molecule has 0 heterocycles. The second-order valence-corrected chi connectivity index (χ2v) is 3.96. The van der Waals surface area contributed by atoms with Gasteiger partial charge in [-0.05, 0) is 0 Å². The molecule has 0 aliphatic rings. The Balaban J connectivity index is -0.000000150. The van der Waals surface area contributed by atoms with E-state index in [0.717, 1.165) is 0 Å². The standard InChI is InChI=1S/C4H9.C3H4O4.K.Li.H/c1-4(2)3;4-2(5)1-3(6)7;;;/h1-3H3;1H2,(H,4,5)(H,6,7);;;. The molecule has 0 aromatic carbocycles. The summed E-state index contributed by atoms with van der Waals surface area (Å²) in [5, 5.41) is 15.4. The van der Waals surface area contributed by atoms with Gasteiger partial charge in [-0.2, -0.15) is 0 Å². The van der Waals surface area contributed by atoms with E-state index in [2.05, 4.69) is 38.5 Å². The van der Waals surface area contributed by atoms with Crippen LogP contribution in [0.1, 0.15) is 27.2 Å². The van der Waals surface area contributed by atoms with Crippen LogP contribution >= 0.6 is 0 Å². The molecule has 0 rings (SSSR count). The van der Waals surface area contributed by atoms with Crippen LogP contribution in [0.2, 0.25) is 4.09 Å². The fourth-order valence-electron chi connectivity index (χ4n) is 0.129. The van der Waals surface area contributed by atoms with Crippen molar-refractivity contribution in [2.75, 3.05) is 0 Å². The van der Waals surface area contributed by atoms with Crippen LogP contribution in [0.15, 0.2) is 0 Å². The number of carboxylic acid groups (broad SMARTS) is 2. The number of hydrogen-bond donors (Lipinski definition) is 2. The molecule has 13 heavy (non-hydrogen) atoms. The van der Waals surface area contributed by atoms with Gasteiger partial charge in [0.2, 0.25) is 0 Å². The van der Waals surface area contributed by atoms with Gasteiger partial charge in [-0.25, -0.2) is 0 Å². The first-order chi connectivity index (χ1) is 5.13. The van der Waals surface area contributed by atoms with E-state index < -0.39 is 18.4 Å². The van der Waals surface area contributed by atoms with Gasteiger partial charge in [0, 0.05) is 0 Å². The summed E-state index contributed by atoms with van der Waals surface area (Å²) in [6.07, 6.45) is -0.806. The van der Waals surface area contributed by atoms with E-state index in [-0.39, 0.29) is 51.4 Å². The monoisotopic (exact) mass is 208 g/mol. The first-order valence-corrected chi connectivity index (χ1v) is 3.56. The molecule has 0 aromatic rings. The third kappa shape index (κ3) is 61.4. The molecular weight excluding hydrogens is 194 g/mol. The van der Waals surface area contributed by atoms with Crippen molar-refractivity contribution in [2.24, 2.45) is 0 Å². The third-order valence-corrected chi connectivity index (χ3v) is 0.302. The Hall–Kier alpha value is 1.17. The van der Waals surface area contributed by atoms with Gasteiger partial charge in [-0.15, -0.1) is 0 Å². The maximum atomic E-state index is 9.43. The number of aliphatic carboxylic acids is 2. The average molecular weight is 208 g/mol. The van der Waals surface area contributed by atoms with Crippen LogP contribution < -0.4 is 0 Å². The summed E-state index contributed by atoms with van der Waals surface area (Å²) < 4.78 is 0.500. The molecule has 0 aliphatic heterocycles. The molecule has 0 bridgehead atoms. The van der Waals surface area contributed by atoms with Gasteiger partial charge in [0.15, 0.2) is 0 Å². The molecule has 0 aliphatic carbocycles. The van der Waals surface area contributed by atoms with Gasteiger partial charge in [-0.3, -0.25) is 9.59 Å². The zero-order valence-electron chi connectivity index (χ0n) is 7.92. The Kier molecular flexibility index (Phi) is 14.7. The Morgan fingerprint density at radius 2 is 1.31 bits per heavy atom. The molecule has 0 radical (unpaired) electrons. The number of rotatable bonds is 2. The van der Waals surface area contributed by atoms with E-state index in [9.17, 15) is 9.59 Å². The van der Waals surface area contributed by atoms with Crippen LogP contribution in [0.3, 0.4) is 0 Å². The minimum absolute atomic E-state index is 0. The molecule has 0 amide bonds. The molecule has 2 N–H and O–H groups in total. The average Bonchev–Trinajstić information content (AvgIpc) is 1.52. The van der Waals surface area contributed by atoms with E-state index in [1.807, 2.05) is 0 Å². The van der Waals surface area contributed by atoms with Crippen LogP contribution in [-0.4, -0.2) is 91.3 Å². The van der Waals surface area contributed by atoms with E-state index >= 15 is 0 Å². The van der Waals surface area contributed by atoms with Crippen LogP contribution in [0, 0.1) is 0 Å². The zero-order valence-corrected chi connectivity index (χ0v) is 7.92. The van der Waals surface area contributed by atoms with Gasteiger partial charge in [0.25, 0.3) is 0 Å². The van der Waals surface area contributed by atoms with E-state index in [1.165, 1.54) is 0 Å². The Bertz CT molecular complexity index is 146. The molecule has 0 unspecified atom stereocenters. The summed E-state index contributed by atoms with van der Waals surface area (Å²) in [7, 11) is 0. The van der Waals surface area contributed by atoms with E-state index in [4.69, 9.17) is 10.2 Å². The van der Waals surface area contributed by atoms with Crippen molar-refractivity contribution in [2.45, 2.75) is 31.3 Å². The molecule has 0 saturated heterocycles. The van der Waals surface area contributed by atoms with Gasteiger partial charge < -0.3 is 10.2 Å². The Labute approximate surface area is 130 Å². The molecule has 68 valence electrons. The molecule has 0 atom stereocenters. The van der Waals surface area contributed by atoms with Crippen molar-refractivity contribution in [1.29, 1.82) is 0 Å². The summed E-state index contributed by atoms with van der Waals surface area (Å²) in [4.78, 5) is 18.9. The molecular formula is C7H14KLiO4. The molecule has 4 nitrogen and oxygen atoms in total. The molecule has 0 fully saturated rings. The fourth-order valence-corrected chi connectivity index (χ4v) is 0.129. The minimum atomic E-state index is -1.31. The molecule has 6 heteroatoms. The van der Waals surface area contributed by atoms with Crippen molar-refractivity contribution in [1.82, 2.24) is 0 Å². The van der Waals surface area contributed by atoms with Crippen LogP contribution in [0.25, 0.3) is 0 Å². The van der Waals surface area contributed by atoms with Crippen molar-refractivity contribution in [3.8, 4) is 0 Å². The maximum absolute atomic E-state index is 9.43. The van der Waals surface area contributed by atoms with Crippen molar-refractivity contribution >= 4 is 81.0 Å². The van der Waals surface area contributed by atoms with Gasteiger partial charge in [0.05, 0.1) is 0 Å². The molecule has 0 spiro atoms. The van der Waals surface area contributed by atoms with E-state index in [0.29, 0.717) is 4.09 Å². The quantitative estimate of drug-likeness (QED) is 0.504. The summed E-state index contributed by atoms with van der Waals surface area (Å²) in [5.41, 5.74) is 0. The predicted molar refractivity (Wildman–Crippen MR) is 52.5 cm³/mol. The summed E-state index contributed by atoms with van der Waals surface area (Å²) >= 11 is 2.19. The summed E-state index contributed by atoms with van der Waals surface area (Å²) in [6.45, 7) is 6.56. The second kappa shape index (κ2) is 9.72. The van der Waals surface area contributed by atoms with Crippen molar-refractivity contribution in [3.63, 3.8) is 0 Å². The number of carbonyl (C=O) groups is 2. The van der Waals surface area contributed by atoms with Gasteiger partial charge in [-0.1, -0.05) is 0 Å².